The summed E-state index contributed by atoms with van der Waals surface area (Å²) in [7, 11) is 0. The fourth-order valence-electron chi connectivity index (χ4n) is 4.05. The molecule has 0 saturated heterocycles. The molecule has 1 aromatic carbocycles. The number of benzene rings is 1. The third kappa shape index (κ3) is 2.88. The highest BCUT2D eigenvalue weighted by molar-refractivity contribution is 5.64. The Morgan fingerprint density at radius 3 is 2.81 bits per heavy atom. The fourth-order valence-corrected chi connectivity index (χ4v) is 4.05. The SMILES string of the molecule is O=c1[nH]cc(-c2cc([C@H]3C[C@@H]3c3ccc4c(c3)OC(F)(F)O4)c3nccn3n2)c(=O)[nH]1. The summed E-state index contributed by atoms with van der Waals surface area (Å²) in [4.78, 5) is 32.6. The lowest BCUT2D eigenvalue weighted by atomic mass is 10.0. The molecule has 1 fully saturated rings. The molecule has 3 aromatic heterocycles. The normalized spacial score (nSPS) is 20.8. The minimum atomic E-state index is -3.66. The molecule has 0 radical (unpaired) electrons. The van der Waals surface area contributed by atoms with Crippen molar-refractivity contribution in [3.63, 3.8) is 0 Å². The number of alkyl halides is 2. The molecule has 156 valence electrons. The number of fused-ring (bicyclic) bond motifs is 2. The van der Waals surface area contributed by atoms with Crippen LogP contribution in [0.3, 0.4) is 0 Å². The van der Waals surface area contributed by atoms with Crippen molar-refractivity contribution in [3.05, 3.63) is 74.8 Å². The van der Waals surface area contributed by atoms with E-state index in [4.69, 9.17) is 0 Å². The van der Waals surface area contributed by atoms with E-state index in [0.717, 1.165) is 17.5 Å². The van der Waals surface area contributed by atoms with Gasteiger partial charge in [0, 0.05) is 24.2 Å². The Kier molecular flexibility index (Phi) is 3.45. The van der Waals surface area contributed by atoms with Gasteiger partial charge in [-0.1, -0.05) is 6.07 Å². The molecule has 0 unspecified atom stereocenters. The lowest BCUT2D eigenvalue weighted by molar-refractivity contribution is -0.286. The molecule has 11 heteroatoms. The van der Waals surface area contributed by atoms with Crippen LogP contribution in [0.2, 0.25) is 0 Å². The largest absolute Gasteiger partial charge is 0.586 e. The number of rotatable bonds is 3. The van der Waals surface area contributed by atoms with Gasteiger partial charge < -0.3 is 14.5 Å². The number of H-pyrrole nitrogens is 2. The van der Waals surface area contributed by atoms with Gasteiger partial charge in [-0.05, 0) is 42.0 Å². The minimum Gasteiger partial charge on any atom is -0.395 e. The fraction of sp³-hybridized carbons (Fsp3) is 0.200. The zero-order chi connectivity index (χ0) is 21.3. The Morgan fingerprint density at radius 1 is 1.13 bits per heavy atom. The minimum absolute atomic E-state index is 0.00471. The molecular formula is C20H13F2N5O4. The first-order valence-electron chi connectivity index (χ1n) is 9.44. The van der Waals surface area contributed by atoms with E-state index in [9.17, 15) is 18.4 Å². The molecule has 31 heavy (non-hydrogen) atoms. The van der Waals surface area contributed by atoms with Gasteiger partial charge in [-0.3, -0.25) is 9.78 Å². The number of hydrogen-bond donors (Lipinski definition) is 2. The number of aromatic nitrogens is 5. The topological polar surface area (TPSA) is 114 Å². The highest BCUT2D eigenvalue weighted by atomic mass is 19.3. The van der Waals surface area contributed by atoms with E-state index in [1.165, 1.54) is 12.3 Å². The quantitative estimate of drug-likeness (QED) is 0.521. The zero-order valence-electron chi connectivity index (χ0n) is 15.6. The first-order valence-corrected chi connectivity index (χ1v) is 9.44. The van der Waals surface area contributed by atoms with Gasteiger partial charge in [0.25, 0.3) is 5.56 Å². The number of nitrogens with one attached hydrogen (secondary N) is 2. The summed E-state index contributed by atoms with van der Waals surface area (Å²) in [5.74, 6) is 0.126. The third-order valence-electron chi connectivity index (χ3n) is 5.53. The smallest absolute Gasteiger partial charge is 0.395 e. The van der Waals surface area contributed by atoms with Crippen molar-refractivity contribution >= 4 is 5.65 Å². The first kappa shape index (κ1) is 17.8. The maximum absolute atomic E-state index is 13.3. The van der Waals surface area contributed by atoms with E-state index in [2.05, 4.69) is 29.5 Å². The molecule has 0 amide bonds. The van der Waals surface area contributed by atoms with Crippen LogP contribution in [0.5, 0.6) is 11.5 Å². The van der Waals surface area contributed by atoms with Gasteiger partial charge >= 0.3 is 12.0 Å². The van der Waals surface area contributed by atoms with Crippen molar-refractivity contribution in [2.75, 3.05) is 0 Å². The summed E-state index contributed by atoms with van der Waals surface area (Å²) in [6, 6.07) is 6.56. The first-order chi connectivity index (χ1) is 14.9. The summed E-state index contributed by atoms with van der Waals surface area (Å²) in [5, 5.41) is 4.42. The van der Waals surface area contributed by atoms with Crippen LogP contribution in [0, 0.1) is 0 Å². The summed E-state index contributed by atoms with van der Waals surface area (Å²) in [6.07, 6.45) is 1.70. The molecule has 4 aromatic rings. The van der Waals surface area contributed by atoms with Crippen molar-refractivity contribution < 1.29 is 18.3 Å². The standard InChI is InChI=1S/C20H13F2N5O4/c21-20(22)30-15-2-1-9(5-16(15)31-20)10-6-11(10)12-7-14(26-27-4-3-23-17(12)27)13-8-24-19(29)25-18(13)28/h1-5,7-8,10-11H,6H2,(H2,24,25,28,29)/t10-,11+/m1/s1. The van der Waals surface area contributed by atoms with Crippen molar-refractivity contribution in [3.8, 4) is 22.8 Å². The molecule has 0 bridgehead atoms. The van der Waals surface area contributed by atoms with Gasteiger partial charge in [-0.15, -0.1) is 8.78 Å². The van der Waals surface area contributed by atoms with Crippen LogP contribution in [-0.4, -0.2) is 30.9 Å². The van der Waals surface area contributed by atoms with E-state index in [1.54, 1.807) is 35.1 Å². The molecule has 4 heterocycles. The monoisotopic (exact) mass is 425 g/mol. The highest BCUT2D eigenvalue weighted by Crippen LogP contribution is 2.57. The molecule has 2 atom stereocenters. The van der Waals surface area contributed by atoms with Gasteiger partial charge in [0.15, 0.2) is 17.1 Å². The predicted molar refractivity (Wildman–Crippen MR) is 102 cm³/mol. The van der Waals surface area contributed by atoms with Crippen LogP contribution >= 0.6 is 0 Å². The molecule has 2 aliphatic rings. The Bertz CT molecular complexity index is 1470. The second-order valence-electron chi connectivity index (χ2n) is 7.49. The lowest BCUT2D eigenvalue weighted by Gasteiger charge is -2.08. The van der Waals surface area contributed by atoms with E-state index in [0.29, 0.717) is 11.3 Å². The number of hydrogen-bond acceptors (Lipinski definition) is 6. The number of aromatic amines is 2. The van der Waals surface area contributed by atoms with Crippen molar-refractivity contribution in [1.82, 2.24) is 24.6 Å². The average molecular weight is 425 g/mol. The maximum Gasteiger partial charge on any atom is 0.586 e. The van der Waals surface area contributed by atoms with Gasteiger partial charge in [-0.2, -0.15) is 5.10 Å². The average Bonchev–Trinajstić information content (AvgIpc) is 3.24. The molecule has 1 saturated carbocycles. The molecule has 0 spiro atoms. The van der Waals surface area contributed by atoms with Crippen LogP contribution in [0.15, 0.2) is 52.4 Å². The van der Waals surface area contributed by atoms with Gasteiger partial charge in [0.2, 0.25) is 0 Å². The van der Waals surface area contributed by atoms with E-state index >= 15 is 0 Å². The Labute approximate surface area is 171 Å². The van der Waals surface area contributed by atoms with Crippen LogP contribution < -0.4 is 20.7 Å². The molecule has 1 aliphatic carbocycles. The summed E-state index contributed by atoms with van der Waals surface area (Å²) in [6.45, 7) is 0. The van der Waals surface area contributed by atoms with Crippen LogP contribution in [0.1, 0.15) is 29.4 Å². The van der Waals surface area contributed by atoms with Crippen molar-refractivity contribution in [1.29, 1.82) is 0 Å². The van der Waals surface area contributed by atoms with Crippen molar-refractivity contribution in [2.45, 2.75) is 24.6 Å². The molecule has 1 aliphatic heterocycles. The molecule has 9 nitrogen and oxygen atoms in total. The van der Waals surface area contributed by atoms with E-state index in [-0.39, 0.29) is 28.9 Å². The third-order valence-corrected chi connectivity index (χ3v) is 5.53. The van der Waals surface area contributed by atoms with E-state index < -0.39 is 17.5 Å². The second kappa shape index (κ2) is 6.00. The van der Waals surface area contributed by atoms with Crippen LogP contribution in [0.4, 0.5) is 8.78 Å². The molecular weight excluding hydrogens is 412 g/mol. The Balaban J connectivity index is 1.39. The summed E-state index contributed by atoms with van der Waals surface area (Å²) < 4.78 is 37.2. The second-order valence-corrected chi connectivity index (χ2v) is 7.49. The van der Waals surface area contributed by atoms with E-state index in [1.807, 2.05) is 0 Å². The number of nitrogens with zero attached hydrogens (tertiary/aromatic N) is 3. The molecule has 2 N–H and O–H groups in total. The predicted octanol–water partition coefficient (Wildman–Crippen LogP) is 2.37. The zero-order valence-corrected chi connectivity index (χ0v) is 15.6. The number of halogens is 2. The maximum atomic E-state index is 13.3. The van der Waals surface area contributed by atoms with Gasteiger partial charge in [0.1, 0.15) is 0 Å². The van der Waals surface area contributed by atoms with Gasteiger partial charge in [-0.25, -0.2) is 14.3 Å². The van der Waals surface area contributed by atoms with Crippen LogP contribution in [0.25, 0.3) is 16.9 Å². The lowest BCUT2D eigenvalue weighted by Crippen LogP contribution is -2.25. The number of imidazole rings is 1. The van der Waals surface area contributed by atoms with Crippen LogP contribution in [-0.2, 0) is 0 Å². The summed E-state index contributed by atoms with van der Waals surface area (Å²) in [5.41, 5.74) is 1.81. The number of ether oxygens (including phenoxy) is 2. The Hall–Kier alpha value is -4.02. The summed E-state index contributed by atoms with van der Waals surface area (Å²) >= 11 is 0. The molecule has 6 rings (SSSR count). The Morgan fingerprint density at radius 2 is 1.97 bits per heavy atom. The van der Waals surface area contributed by atoms with Crippen molar-refractivity contribution in [2.24, 2.45) is 0 Å². The van der Waals surface area contributed by atoms with Gasteiger partial charge in [0.05, 0.1) is 11.3 Å². The highest BCUT2D eigenvalue weighted by Gasteiger charge is 2.46.